The van der Waals surface area contributed by atoms with Gasteiger partial charge in [0.15, 0.2) is 11.0 Å². The number of nitrogens with zero attached hydrogens (tertiary/aromatic N) is 3. The Kier molecular flexibility index (Phi) is 6.38. The predicted octanol–water partition coefficient (Wildman–Crippen LogP) is 4.55. The van der Waals surface area contributed by atoms with Crippen molar-refractivity contribution >= 4 is 29.0 Å². The average Bonchev–Trinajstić information content (AvgIpc) is 3.17. The molecular weight excluding hydrogens is 428 g/mol. The minimum atomic E-state index is 0.0371. The number of ether oxygens (including phenoxy) is 1. The van der Waals surface area contributed by atoms with Crippen LogP contribution in [0.2, 0.25) is 0 Å². The summed E-state index contributed by atoms with van der Waals surface area (Å²) in [6.07, 6.45) is 4.67. The molecule has 1 aromatic carbocycles. The summed E-state index contributed by atoms with van der Waals surface area (Å²) in [7, 11) is 0. The van der Waals surface area contributed by atoms with Gasteiger partial charge in [-0.25, -0.2) is 0 Å². The van der Waals surface area contributed by atoms with Gasteiger partial charge in [-0.2, -0.15) is 0 Å². The highest BCUT2D eigenvalue weighted by atomic mass is 32.2. The Morgan fingerprint density at radius 1 is 1.19 bits per heavy atom. The molecule has 31 heavy (non-hydrogen) atoms. The monoisotopic (exact) mass is 454 g/mol. The number of rotatable bonds is 9. The third kappa shape index (κ3) is 5.02. The summed E-state index contributed by atoms with van der Waals surface area (Å²) < 4.78 is 7.97. The van der Waals surface area contributed by atoms with E-state index in [2.05, 4.69) is 38.3 Å². The molecule has 2 unspecified atom stereocenters. The van der Waals surface area contributed by atoms with Crippen molar-refractivity contribution in [2.45, 2.75) is 49.5 Å². The first-order valence-electron chi connectivity index (χ1n) is 10.8. The highest BCUT2D eigenvalue weighted by Crippen LogP contribution is 2.41. The highest BCUT2D eigenvalue weighted by molar-refractivity contribution is 7.99. The van der Waals surface area contributed by atoms with Crippen LogP contribution in [0.25, 0.3) is 10.7 Å². The molecule has 2 fully saturated rings. The van der Waals surface area contributed by atoms with Gasteiger partial charge in [-0.3, -0.25) is 9.36 Å². The van der Waals surface area contributed by atoms with Gasteiger partial charge in [-0.15, -0.1) is 21.5 Å². The molecule has 2 aromatic heterocycles. The second kappa shape index (κ2) is 9.54. The summed E-state index contributed by atoms with van der Waals surface area (Å²) in [5.74, 6) is 1.76. The van der Waals surface area contributed by atoms with E-state index in [9.17, 15) is 4.79 Å². The second-order valence-electron chi connectivity index (χ2n) is 8.11. The molecule has 1 N–H and O–H groups in total. The maximum absolute atomic E-state index is 12.8. The Hall–Kier alpha value is -2.16. The number of nitrogens with one attached hydrogen (secondary N) is 1. The molecule has 1 amide bonds. The molecule has 1 saturated carbocycles. The number of aromatic nitrogens is 3. The van der Waals surface area contributed by atoms with Gasteiger partial charge in [0.1, 0.15) is 0 Å². The van der Waals surface area contributed by atoms with Crippen molar-refractivity contribution in [1.82, 2.24) is 20.1 Å². The number of hydrogen-bond donors (Lipinski definition) is 1. The van der Waals surface area contributed by atoms with Crippen LogP contribution in [0.1, 0.15) is 37.3 Å². The van der Waals surface area contributed by atoms with E-state index in [-0.39, 0.29) is 18.1 Å². The number of hydrogen-bond acceptors (Lipinski definition) is 6. The summed E-state index contributed by atoms with van der Waals surface area (Å²) in [6.45, 7) is 1.53. The number of thioether (sulfide) groups is 1. The zero-order valence-electron chi connectivity index (χ0n) is 17.3. The lowest BCUT2D eigenvalue weighted by molar-refractivity contribution is -0.119. The van der Waals surface area contributed by atoms with E-state index in [1.807, 2.05) is 29.6 Å². The van der Waals surface area contributed by atoms with Gasteiger partial charge in [0.05, 0.1) is 29.3 Å². The fraction of sp³-hybridized carbons (Fsp3) is 0.435. The molecule has 162 valence electrons. The maximum Gasteiger partial charge on any atom is 0.230 e. The van der Waals surface area contributed by atoms with Crippen LogP contribution in [-0.4, -0.2) is 39.1 Å². The number of carbonyl (C=O) groups excluding carboxylic acids is 1. The second-order valence-corrected chi connectivity index (χ2v) is 10.0. The Labute approximate surface area is 190 Å². The van der Waals surface area contributed by atoms with Crippen LogP contribution in [0.4, 0.5) is 0 Å². The molecule has 2 atom stereocenters. The van der Waals surface area contributed by atoms with Crippen LogP contribution in [0.15, 0.2) is 53.0 Å². The molecule has 1 aliphatic heterocycles. The Morgan fingerprint density at radius 3 is 2.77 bits per heavy atom. The van der Waals surface area contributed by atoms with Gasteiger partial charge in [-0.1, -0.05) is 48.2 Å². The van der Waals surface area contributed by atoms with E-state index in [1.54, 1.807) is 11.3 Å². The van der Waals surface area contributed by atoms with E-state index in [4.69, 9.17) is 4.74 Å². The molecule has 1 saturated heterocycles. The normalized spacial score (nSPS) is 19.4. The van der Waals surface area contributed by atoms with Gasteiger partial charge in [0.25, 0.3) is 0 Å². The standard InChI is InChI=1S/C23H26N4O2S2/c28-20(24-21(17-10-11-17)16-6-2-1-3-7-16)15-31-23-26-25-22(19-9-5-13-30-19)27(23)14-18-8-4-12-29-18/h1-3,5-7,9,13,17-18,21H,4,8,10-12,14-15H2,(H,24,28). The number of thiophene rings is 1. The summed E-state index contributed by atoms with van der Waals surface area (Å²) in [6, 6.07) is 14.5. The van der Waals surface area contributed by atoms with Gasteiger partial charge in [0.2, 0.25) is 5.91 Å². The molecule has 5 rings (SSSR count). The van der Waals surface area contributed by atoms with Crippen molar-refractivity contribution in [3.63, 3.8) is 0 Å². The minimum absolute atomic E-state index is 0.0371. The molecular formula is C23H26N4O2S2. The number of benzene rings is 1. The van der Waals surface area contributed by atoms with E-state index in [0.717, 1.165) is 41.9 Å². The lowest BCUT2D eigenvalue weighted by atomic mass is 10.0. The molecule has 8 heteroatoms. The molecule has 3 heterocycles. The lowest BCUT2D eigenvalue weighted by Crippen LogP contribution is -2.31. The first-order chi connectivity index (χ1) is 15.3. The van der Waals surface area contributed by atoms with Crippen molar-refractivity contribution in [3.05, 3.63) is 53.4 Å². The molecule has 6 nitrogen and oxygen atoms in total. The van der Waals surface area contributed by atoms with E-state index in [0.29, 0.717) is 11.7 Å². The van der Waals surface area contributed by atoms with Gasteiger partial charge < -0.3 is 10.1 Å². The van der Waals surface area contributed by atoms with E-state index < -0.39 is 0 Å². The van der Waals surface area contributed by atoms with Gasteiger partial charge in [-0.05, 0) is 48.6 Å². The summed E-state index contributed by atoms with van der Waals surface area (Å²) in [5.41, 5.74) is 1.19. The summed E-state index contributed by atoms with van der Waals surface area (Å²) in [5, 5.41) is 14.9. The predicted molar refractivity (Wildman–Crippen MR) is 123 cm³/mol. The third-order valence-electron chi connectivity index (χ3n) is 5.77. The maximum atomic E-state index is 12.8. The molecule has 2 aliphatic rings. The first-order valence-corrected chi connectivity index (χ1v) is 12.7. The molecule has 0 radical (unpaired) electrons. The van der Waals surface area contributed by atoms with E-state index >= 15 is 0 Å². The van der Waals surface area contributed by atoms with Crippen molar-refractivity contribution in [2.75, 3.05) is 12.4 Å². The van der Waals surface area contributed by atoms with Crippen LogP contribution in [0.5, 0.6) is 0 Å². The zero-order valence-corrected chi connectivity index (χ0v) is 18.9. The Balaban J connectivity index is 1.27. The van der Waals surface area contributed by atoms with Crippen LogP contribution >= 0.6 is 23.1 Å². The topological polar surface area (TPSA) is 69.0 Å². The van der Waals surface area contributed by atoms with E-state index in [1.165, 1.54) is 30.2 Å². The van der Waals surface area contributed by atoms with Crippen LogP contribution in [0.3, 0.4) is 0 Å². The lowest BCUT2D eigenvalue weighted by Gasteiger charge is -2.19. The largest absolute Gasteiger partial charge is 0.376 e. The molecule has 0 bridgehead atoms. The van der Waals surface area contributed by atoms with Crippen LogP contribution in [0, 0.1) is 5.92 Å². The van der Waals surface area contributed by atoms with Crippen molar-refractivity contribution in [1.29, 1.82) is 0 Å². The quantitative estimate of drug-likeness (QED) is 0.481. The van der Waals surface area contributed by atoms with Crippen molar-refractivity contribution in [2.24, 2.45) is 5.92 Å². The van der Waals surface area contributed by atoms with Crippen molar-refractivity contribution < 1.29 is 9.53 Å². The SMILES string of the molecule is O=C(CSc1nnc(-c2cccs2)n1CC1CCCO1)NC(c1ccccc1)C1CC1. The fourth-order valence-electron chi connectivity index (χ4n) is 4.05. The molecule has 1 aliphatic carbocycles. The van der Waals surface area contributed by atoms with Gasteiger partial charge >= 0.3 is 0 Å². The average molecular weight is 455 g/mol. The summed E-state index contributed by atoms with van der Waals surface area (Å²) >= 11 is 3.10. The minimum Gasteiger partial charge on any atom is -0.376 e. The van der Waals surface area contributed by atoms with Crippen LogP contribution < -0.4 is 5.32 Å². The van der Waals surface area contributed by atoms with Crippen LogP contribution in [-0.2, 0) is 16.1 Å². The summed E-state index contributed by atoms with van der Waals surface area (Å²) in [4.78, 5) is 13.9. The number of carbonyl (C=O) groups is 1. The smallest absolute Gasteiger partial charge is 0.230 e. The van der Waals surface area contributed by atoms with Crippen molar-refractivity contribution in [3.8, 4) is 10.7 Å². The zero-order chi connectivity index (χ0) is 21.0. The first kappa shape index (κ1) is 20.7. The fourth-order valence-corrected chi connectivity index (χ4v) is 5.52. The highest BCUT2D eigenvalue weighted by Gasteiger charge is 2.33. The van der Waals surface area contributed by atoms with Gasteiger partial charge in [0, 0.05) is 6.61 Å². The molecule has 3 aromatic rings. The number of amides is 1. The third-order valence-corrected chi connectivity index (χ3v) is 7.60. The molecule has 0 spiro atoms. The Morgan fingerprint density at radius 2 is 2.06 bits per heavy atom. The Bertz CT molecular complexity index is 996.